The number of nitrogens with one attached hydrogen (secondary N) is 1. The zero-order valence-electron chi connectivity index (χ0n) is 16.4. The molecule has 1 atom stereocenters. The third-order valence-corrected chi connectivity index (χ3v) is 5.30. The molecule has 0 saturated carbocycles. The molecule has 1 N–H and O–H groups in total. The summed E-state index contributed by atoms with van der Waals surface area (Å²) in [5.74, 6) is 0.964. The van der Waals surface area contributed by atoms with E-state index in [0.717, 1.165) is 28.1 Å². The van der Waals surface area contributed by atoms with Crippen LogP contribution >= 0.6 is 0 Å². The van der Waals surface area contributed by atoms with Crippen molar-refractivity contribution in [1.82, 2.24) is 5.32 Å². The Labute approximate surface area is 164 Å². The molecule has 6 heteroatoms. The zero-order chi connectivity index (χ0) is 19.8. The van der Waals surface area contributed by atoms with Crippen molar-refractivity contribution >= 4 is 17.5 Å². The van der Waals surface area contributed by atoms with Gasteiger partial charge in [0.25, 0.3) is 0 Å². The fraction of sp³-hybridized carbons (Fsp3) is 0.364. The molecule has 2 aliphatic rings. The number of nitrogens with zero attached hydrogens (tertiary/aromatic N) is 1. The van der Waals surface area contributed by atoms with E-state index in [-0.39, 0.29) is 30.9 Å². The van der Waals surface area contributed by atoms with Gasteiger partial charge in [-0.15, -0.1) is 0 Å². The van der Waals surface area contributed by atoms with Crippen molar-refractivity contribution in [3.8, 4) is 11.5 Å². The first-order valence-corrected chi connectivity index (χ1v) is 9.47. The Kier molecular flexibility index (Phi) is 4.71. The predicted octanol–water partition coefficient (Wildman–Crippen LogP) is 3.01. The van der Waals surface area contributed by atoms with Gasteiger partial charge >= 0.3 is 0 Å². The van der Waals surface area contributed by atoms with Gasteiger partial charge < -0.3 is 19.7 Å². The van der Waals surface area contributed by atoms with Gasteiger partial charge in [-0.3, -0.25) is 9.59 Å². The van der Waals surface area contributed by atoms with E-state index in [1.165, 1.54) is 5.56 Å². The van der Waals surface area contributed by atoms with Gasteiger partial charge in [0, 0.05) is 25.2 Å². The molecule has 1 unspecified atom stereocenters. The van der Waals surface area contributed by atoms with E-state index in [2.05, 4.69) is 17.4 Å². The molecule has 6 nitrogen and oxygen atoms in total. The number of hydrogen-bond acceptors (Lipinski definition) is 4. The number of fused-ring (bicyclic) bond motifs is 1. The van der Waals surface area contributed by atoms with Crippen LogP contribution < -0.4 is 19.7 Å². The summed E-state index contributed by atoms with van der Waals surface area (Å²) < 4.78 is 10.7. The molecule has 0 aliphatic carbocycles. The van der Waals surface area contributed by atoms with Gasteiger partial charge in [0.05, 0.1) is 5.92 Å². The van der Waals surface area contributed by atoms with E-state index in [1.807, 2.05) is 39.0 Å². The maximum Gasteiger partial charge on any atom is 0.231 e. The number of hydrogen-bond donors (Lipinski definition) is 1. The number of anilines is 1. The van der Waals surface area contributed by atoms with Crippen LogP contribution in [0.2, 0.25) is 0 Å². The third-order valence-electron chi connectivity index (χ3n) is 5.30. The van der Waals surface area contributed by atoms with Crippen LogP contribution in [0.4, 0.5) is 5.69 Å². The van der Waals surface area contributed by atoms with E-state index in [0.29, 0.717) is 18.8 Å². The highest BCUT2D eigenvalue weighted by Crippen LogP contribution is 2.33. The molecular weight excluding hydrogens is 356 g/mol. The van der Waals surface area contributed by atoms with Gasteiger partial charge in [0.15, 0.2) is 11.5 Å². The topological polar surface area (TPSA) is 67.9 Å². The number of carbonyl (C=O) groups is 2. The van der Waals surface area contributed by atoms with Crippen molar-refractivity contribution in [1.29, 1.82) is 0 Å². The predicted molar refractivity (Wildman–Crippen MR) is 106 cm³/mol. The molecule has 0 aromatic heterocycles. The lowest BCUT2D eigenvalue weighted by molar-refractivity contribution is -0.126. The SMILES string of the molecule is Cc1cc(C)c(N2CC(C(=O)NCc3ccc4c(c3)OCO4)CC2=O)c(C)c1. The summed E-state index contributed by atoms with van der Waals surface area (Å²) in [6, 6.07) is 9.76. The van der Waals surface area contributed by atoms with E-state index < -0.39 is 0 Å². The van der Waals surface area contributed by atoms with Crippen LogP contribution in [0.1, 0.15) is 28.7 Å². The highest BCUT2D eigenvalue weighted by Gasteiger charge is 2.36. The van der Waals surface area contributed by atoms with Crippen molar-refractivity contribution in [3.05, 3.63) is 52.6 Å². The van der Waals surface area contributed by atoms with Crippen LogP contribution in [-0.4, -0.2) is 25.2 Å². The molecule has 2 aromatic rings. The molecule has 1 fully saturated rings. The Hall–Kier alpha value is -3.02. The van der Waals surface area contributed by atoms with Crippen molar-refractivity contribution < 1.29 is 19.1 Å². The molecule has 28 heavy (non-hydrogen) atoms. The quantitative estimate of drug-likeness (QED) is 0.885. The van der Waals surface area contributed by atoms with E-state index in [1.54, 1.807) is 4.90 Å². The van der Waals surface area contributed by atoms with Crippen LogP contribution in [0.5, 0.6) is 11.5 Å². The molecule has 2 aliphatic heterocycles. The molecule has 2 aromatic carbocycles. The normalized spacial score (nSPS) is 17.9. The maximum atomic E-state index is 12.7. The Balaban J connectivity index is 1.42. The summed E-state index contributed by atoms with van der Waals surface area (Å²) in [4.78, 5) is 27.0. The molecule has 1 saturated heterocycles. The Morgan fingerprint density at radius 2 is 1.82 bits per heavy atom. The molecule has 4 rings (SSSR count). The van der Waals surface area contributed by atoms with Gasteiger partial charge in [-0.25, -0.2) is 0 Å². The number of benzene rings is 2. The highest BCUT2D eigenvalue weighted by atomic mass is 16.7. The van der Waals surface area contributed by atoms with Crippen LogP contribution in [0.3, 0.4) is 0 Å². The van der Waals surface area contributed by atoms with Crippen molar-refractivity contribution in [2.75, 3.05) is 18.2 Å². The van der Waals surface area contributed by atoms with Gasteiger partial charge in [-0.1, -0.05) is 23.8 Å². The first-order chi connectivity index (χ1) is 13.4. The second-order valence-corrected chi connectivity index (χ2v) is 7.56. The minimum atomic E-state index is -0.346. The van der Waals surface area contributed by atoms with Crippen molar-refractivity contribution in [2.24, 2.45) is 5.92 Å². The minimum Gasteiger partial charge on any atom is -0.454 e. The van der Waals surface area contributed by atoms with Gasteiger partial charge in [0.2, 0.25) is 18.6 Å². The molecule has 146 valence electrons. The number of carbonyl (C=O) groups excluding carboxylic acids is 2. The fourth-order valence-corrected chi connectivity index (χ4v) is 4.08. The number of aryl methyl sites for hydroxylation is 3. The summed E-state index contributed by atoms with van der Waals surface area (Å²) in [6.07, 6.45) is 0.236. The largest absolute Gasteiger partial charge is 0.454 e. The summed E-state index contributed by atoms with van der Waals surface area (Å²) in [7, 11) is 0. The Morgan fingerprint density at radius 3 is 2.57 bits per heavy atom. The van der Waals surface area contributed by atoms with Crippen LogP contribution in [-0.2, 0) is 16.1 Å². The van der Waals surface area contributed by atoms with E-state index in [9.17, 15) is 9.59 Å². The number of ether oxygens (including phenoxy) is 2. The highest BCUT2D eigenvalue weighted by molar-refractivity contribution is 6.01. The minimum absolute atomic E-state index is 0.00159. The molecule has 2 heterocycles. The third kappa shape index (κ3) is 3.42. The summed E-state index contributed by atoms with van der Waals surface area (Å²) >= 11 is 0. The monoisotopic (exact) mass is 380 g/mol. The second-order valence-electron chi connectivity index (χ2n) is 7.56. The standard InChI is InChI=1S/C22H24N2O4/c1-13-6-14(2)21(15(3)7-13)24-11-17(9-20(24)25)22(26)23-10-16-4-5-18-19(8-16)28-12-27-18/h4-8,17H,9-12H2,1-3H3,(H,23,26). The second kappa shape index (κ2) is 7.19. The molecule has 2 amide bonds. The summed E-state index contributed by atoms with van der Waals surface area (Å²) in [5, 5.41) is 2.95. The zero-order valence-corrected chi connectivity index (χ0v) is 16.4. The maximum absolute atomic E-state index is 12.7. The first kappa shape index (κ1) is 18.3. The van der Waals surface area contributed by atoms with Crippen LogP contribution in [0.25, 0.3) is 0 Å². The molecule has 0 radical (unpaired) electrons. The van der Waals surface area contributed by atoms with E-state index in [4.69, 9.17) is 9.47 Å². The van der Waals surface area contributed by atoms with Gasteiger partial charge in [0.1, 0.15) is 0 Å². The van der Waals surface area contributed by atoms with Gasteiger partial charge in [-0.05, 0) is 49.6 Å². The Morgan fingerprint density at radius 1 is 1.11 bits per heavy atom. The summed E-state index contributed by atoms with van der Waals surface area (Å²) in [5.41, 5.74) is 5.16. The van der Waals surface area contributed by atoms with E-state index >= 15 is 0 Å². The van der Waals surface area contributed by atoms with Crippen molar-refractivity contribution in [2.45, 2.75) is 33.7 Å². The summed E-state index contributed by atoms with van der Waals surface area (Å²) in [6.45, 7) is 7.09. The smallest absolute Gasteiger partial charge is 0.231 e. The van der Waals surface area contributed by atoms with Gasteiger partial charge in [-0.2, -0.15) is 0 Å². The first-order valence-electron chi connectivity index (χ1n) is 9.47. The Bertz CT molecular complexity index is 931. The number of amides is 2. The van der Waals surface area contributed by atoms with Crippen molar-refractivity contribution in [3.63, 3.8) is 0 Å². The lowest BCUT2D eigenvalue weighted by Gasteiger charge is -2.22. The molecule has 0 bridgehead atoms. The molecule has 0 spiro atoms. The fourth-order valence-electron chi connectivity index (χ4n) is 4.08. The average Bonchev–Trinajstić information content (AvgIpc) is 3.25. The lowest BCUT2D eigenvalue weighted by Crippen LogP contribution is -2.33. The van der Waals surface area contributed by atoms with Crippen LogP contribution in [0.15, 0.2) is 30.3 Å². The van der Waals surface area contributed by atoms with Crippen LogP contribution in [0, 0.1) is 26.7 Å². The lowest BCUT2D eigenvalue weighted by atomic mass is 10.0. The number of rotatable bonds is 4. The average molecular weight is 380 g/mol. The molecular formula is C22H24N2O4.